The van der Waals surface area contributed by atoms with Gasteiger partial charge in [0.25, 0.3) is 0 Å². The van der Waals surface area contributed by atoms with Crippen molar-refractivity contribution in [1.29, 1.82) is 0 Å². The smallest absolute Gasteiger partial charge is 0.323 e. The van der Waals surface area contributed by atoms with Crippen molar-refractivity contribution in [2.24, 2.45) is 0 Å². The lowest BCUT2D eigenvalue weighted by Gasteiger charge is -2.02. The molecule has 0 spiro atoms. The maximum Gasteiger partial charge on any atom is 0.323 e. The molecule has 0 N–H and O–H groups in total. The summed E-state index contributed by atoms with van der Waals surface area (Å²) in [6.07, 6.45) is 0.902. The molecule has 1 unspecified atom stereocenters. The molecule has 9 heavy (non-hydrogen) atoms. The van der Waals surface area contributed by atoms with E-state index in [1.165, 1.54) is 0 Å². The number of hydrogen-bond donors (Lipinski definition) is 0. The second-order valence-electron chi connectivity index (χ2n) is 2.51. The fourth-order valence-corrected chi connectivity index (χ4v) is 1.19. The highest BCUT2D eigenvalue weighted by molar-refractivity contribution is 5.77. The Morgan fingerprint density at radius 3 is 2.78 bits per heavy atom. The maximum absolute atomic E-state index is 10.8. The molecule has 3 heteroatoms. The van der Waals surface area contributed by atoms with Gasteiger partial charge in [0.15, 0.2) is 0 Å². The molecule has 0 bridgehead atoms. The SMILES string of the molecule is O=C1OCCC1N1CC1. The Hall–Kier alpha value is -0.570. The van der Waals surface area contributed by atoms with Crippen LogP contribution in [0.3, 0.4) is 0 Å². The van der Waals surface area contributed by atoms with Crippen LogP contribution in [0, 0.1) is 0 Å². The third-order valence-corrected chi connectivity index (χ3v) is 1.83. The first-order chi connectivity index (χ1) is 4.38. The molecule has 0 amide bonds. The molecule has 0 radical (unpaired) electrons. The zero-order valence-electron chi connectivity index (χ0n) is 5.17. The highest BCUT2D eigenvalue weighted by atomic mass is 16.5. The molecule has 2 saturated heterocycles. The standard InChI is InChI=1S/C6H9NO2/c8-6-5(1-4-9-6)7-2-3-7/h5H,1-4H2. The molecular weight excluding hydrogens is 118 g/mol. The highest BCUT2D eigenvalue weighted by Gasteiger charge is 2.37. The molecular formula is C6H9NO2. The van der Waals surface area contributed by atoms with Crippen molar-refractivity contribution in [3.8, 4) is 0 Å². The minimum Gasteiger partial charge on any atom is -0.464 e. The first-order valence-electron chi connectivity index (χ1n) is 3.28. The van der Waals surface area contributed by atoms with E-state index in [0.29, 0.717) is 6.61 Å². The Labute approximate surface area is 53.6 Å². The van der Waals surface area contributed by atoms with Crippen molar-refractivity contribution in [3.05, 3.63) is 0 Å². The zero-order chi connectivity index (χ0) is 6.27. The largest absolute Gasteiger partial charge is 0.464 e. The van der Waals surface area contributed by atoms with E-state index in [1.54, 1.807) is 0 Å². The fraction of sp³-hybridized carbons (Fsp3) is 0.833. The summed E-state index contributed by atoms with van der Waals surface area (Å²) in [6.45, 7) is 2.79. The van der Waals surface area contributed by atoms with Gasteiger partial charge in [0.05, 0.1) is 6.61 Å². The molecule has 2 fully saturated rings. The van der Waals surface area contributed by atoms with Crippen molar-refractivity contribution in [2.45, 2.75) is 12.5 Å². The second-order valence-corrected chi connectivity index (χ2v) is 2.51. The summed E-state index contributed by atoms with van der Waals surface area (Å²) >= 11 is 0. The zero-order valence-corrected chi connectivity index (χ0v) is 5.17. The molecule has 0 aliphatic carbocycles. The van der Waals surface area contributed by atoms with E-state index in [0.717, 1.165) is 19.5 Å². The number of ether oxygens (including phenoxy) is 1. The number of carbonyl (C=O) groups is 1. The van der Waals surface area contributed by atoms with Gasteiger partial charge in [-0.05, 0) is 0 Å². The van der Waals surface area contributed by atoms with E-state index in [1.807, 2.05) is 0 Å². The Morgan fingerprint density at radius 2 is 2.33 bits per heavy atom. The Bertz CT molecular complexity index is 142. The van der Waals surface area contributed by atoms with Crippen molar-refractivity contribution in [2.75, 3.05) is 19.7 Å². The first kappa shape index (κ1) is 5.23. The number of rotatable bonds is 1. The lowest BCUT2D eigenvalue weighted by Crippen LogP contribution is -2.23. The molecule has 2 heterocycles. The van der Waals surface area contributed by atoms with Gasteiger partial charge in [-0.1, -0.05) is 0 Å². The Balaban J connectivity index is 2.01. The van der Waals surface area contributed by atoms with Crippen molar-refractivity contribution in [1.82, 2.24) is 4.90 Å². The lowest BCUT2D eigenvalue weighted by molar-refractivity contribution is -0.140. The van der Waals surface area contributed by atoms with E-state index < -0.39 is 0 Å². The Morgan fingerprint density at radius 1 is 1.56 bits per heavy atom. The minimum atomic E-state index is -0.0208. The highest BCUT2D eigenvalue weighted by Crippen LogP contribution is 2.19. The average molecular weight is 127 g/mol. The Kier molecular flexibility index (Phi) is 0.990. The summed E-state index contributed by atoms with van der Waals surface area (Å²) in [5, 5.41) is 0. The summed E-state index contributed by atoms with van der Waals surface area (Å²) in [5.41, 5.74) is 0. The molecule has 0 aromatic rings. The normalized spacial score (nSPS) is 34.7. The summed E-state index contributed by atoms with van der Waals surface area (Å²) in [7, 11) is 0. The number of nitrogens with zero attached hydrogens (tertiary/aromatic N) is 1. The molecule has 2 aliphatic rings. The van der Waals surface area contributed by atoms with Gasteiger partial charge >= 0.3 is 5.97 Å². The predicted octanol–water partition coefficient (Wildman–Crippen LogP) is -0.383. The quantitative estimate of drug-likeness (QED) is 0.355. The van der Waals surface area contributed by atoms with Crippen LogP contribution in [-0.2, 0) is 9.53 Å². The summed E-state index contributed by atoms with van der Waals surface area (Å²) < 4.78 is 4.79. The molecule has 2 rings (SSSR count). The minimum absolute atomic E-state index is 0.0208. The van der Waals surface area contributed by atoms with Crippen molar-refractivity contribution in [3.63, 3.8) is 0 Å². The number of esters is 1. The van der Waals surface area contributed by atoms with Gasteiger partial charge in [0.2, 0.25) is 0 Å². The van der Waals surface area contributed by atoms with Crippen LogP contribution in [0.1, 0.15) is 6.42 Å². The van der Waals surface area contributed by atoms with Crippen LogP contribution in [0.4, 0.5) is 0 Å². The van der Waals surface area contributed by atoms with Crippen molar-refractivity contribution < 1.29 is 9.53 Å². The van der Waals surface area contributed by atoms with Crippen LogP contribution >= 0.6 is 0 Å². The van der Waals surface area contributed by atoms with Gasteiger partial charge in [-0.15, -0.1) is 0 Å². The predicted molar refractivity (Wildman–Crippen MR) is 30.9 cm³/mol. The molecule has 0 aromatic carbocycles. The third kappa shape index (κ3) is 0.812. The van der Waals surface area contributed by atoms with Crippen molar-refractivity contribution >= 4 is 5.97 Å². The van der Waals surface area contributed by atoms with E-state index in [-0.39, 0.29) is 12.0 Å². The average Bonchev–Trinajstić information content (AvgIpc) is 2.58. The van der Waals surface area contributed by atoms with E-state index in [4.69, 9.17) is 4.74 Å². The molecule has 0 aromatic heterocycles. The molecule has 1 atom stereocenters. The van der Waals surface area contributed by atoms with Crippen LogP contribution in [0.15, 0.2) is 0 Å². The second kappa shape index (κ2) is 1.70. The third-order valence-electron chi connectivity index (χ3n) is 1.83. The molecule has 3 nitrogen and oxygen atoms in total. The van der Waals surface area contributed by atoms with E-state index >= 15 is 0 Å². The first-order valence-corrected chi connectivity index (χ1v) is 3.28. The number of carbonyl (C=O) groups excluding carboxylic acids is 1. The molecule has 50 valence electrons. The number of hydrogen-bond acceptors (Lipinski definition) is 3. The van der Waals surface area contributed by atoms with Crippen LogP contribution in [-0.4, -0.2) is 36.6 Å². The van der Waals surface area contributed by atoms with Gasteiger partial charge in [0, 0.05) is 19.5 Å². The summed E-state index contributed by atoms with van der Waals surface area (Å²) in [5.74, 6) is -0.0208. The summed E-state index contributed by atoms with van der Waals surface area (Å²) in [6, 6.07) is 0.116. The van der Waals surface area contributed by atoms with Gasteiger partial charge < -0.3 is 4.74 Å². The lowest BCUT2D eigenvalue weighted by atomic mass is 10.2. The fourth-order valence-electron chi connectivity index (χ4n) is 1.19. The van der Waals surface area contributed by atoms with Crippen LogP contribution in [0.25, 0.3) is 0 Å². The van der Waals surface area contributed by atoms with Gasteiger partial charge in [0.1, 0.15) is 6.04 Å². The van der Waals surface area contributed by atoms with Gasteiger partial charge in [-0.25, -0.2) is 0 Å². The molecule has 2 aliphatic heterocycles. The summed E-state index contributed by atoms with van der Waals surface area (Å²) in [4.78, 5) is 12.9. The van der Waals surface area contributed by atoms with E-state index in [9.17, 15) is 4.79 Å². The maximum atomic E-state index is 10.8. The topological polar surface area (TPSA) is 29.3 Å². The number of cyclic esters (lactones) is 1. The molecule has 0 saturated carbocycles. The van der Waals surface area contributed by atoms with Crippen LogP contribution < -0.4 is 0 Å². The van der Waals surface area contributed by atoms with Gasteiger partial charge in [-0.3, -0.25) is 9.69 Å². The van der Waals surface area contributed by atoms with Gasteiger partial charge in [-0.2, -0.15) is 0 Å². The van der Waals surface area contributed by atoms with E-state index in [2.05, 4.69) is 4.90 Å². The van der Waals surface area contributed by atoms with Crippen LogP contribution in [0.5, 0.6) is 0 Å². The van der Waals surface area contributed by atoms with Crippen LogP contribution in [0.2, 0.25) is 0 Å². The monoisotopic (exact) mass is 127 g/mol.